The molecule has 2 N–H and O–H groups in total. The first kappa shape index (κ1) is 68.4. The second-order valence-corrected chi connectivity index (χ2v) is 21.1. The van der Waals surface area contributed by atoms with Crippen molar-refractivity contribution in [1.29, 1.82) is 0 Å². The van der Waals surface area contributed by atoms with E-state index in [1.165, 1.54) is 44.9 Å². The number of ether oxygens (including phenoxy) is 1. The van der Waals surface area contributed by atoms with Gasteiger partial charge in [-0.25, -0.2) is 4.57 Å². The molecule has 0 aromatic rings. The third-order valence-corrected chi connectivity index (χ3v) is 12.6. The Morgan fingerprint density at radius 1 is 0.500 bits per heavy atom. The first-order valence-electron chi connectivity index (χ1n) is 28.4. The maximum atomic E-state index is 13.5. The summed E-state index contributed by atoms with van der Waals surface area (Å²) in [5.74, 6) is -0.630. The monoisotopic (exact) mass is 1020 g/mol. The minimum absolute atomic E-state index is 0.0195. The van der Waals surface area contributed by atoms with Crippen LogP contribution in [-0.2, 0) is 27.9 Å². The minimum atomic E-state index is -4.47. The summed E-state index contributed by atoms with van der Waals surface area (Å²) in [7, 11) is 1.43. The molecule has 0 rings (SSSR count). The van der Waals surface area contributed by atoms with E-state index in [-0.39, 0.29) is 25.5 Å². The van der Waals surface area contributed by atoms with Gasteiger partial charge in [0, 0.05) is 12.8 Å². The molecule has 0 radical (unpaired) electrons. The Morgan fingerprint density at radius 2 is 0.903 bits per heavy atom. The Hall–Kier alpha value is -3.59. The maximum Gasteiger partial charge on any atom is 0.472 e. The summed E-state index contributed by atoms with van der Waals surface area (Å²) in [5.41, 5.74) is 0. The van der Waals surface area contributed by atoms with Crippen molar-refractivity contribution in [1.82, 2.24) is 5.32 Å². The van der Waals surface area contributed by atoms with Crippen LogP contribution in [-0.4, -0.2) is 74.3 Å². The van der Waals surface area contributed by atoms with E-state index in [1.54, 1.807) is 0 Å². The molecule has 0 bridgehead atoms. The van der Waals surface area contributed by atoms with E-state index >= 15 is 0 Å². The van der Waals surface area contributed by atoms with Gasteiger partial charge in [-0.2, -0.15) is 0 Å². The van der Waals surface area contributed by atoms with E-state index in [0.29, 0.717) is 23.9 Å². The lowest BCUT2D eigenvalue weighted by molar-refractivity contribution is -0.870. The first-order valence-corrected chi connectivity index (χ1v) is 29.9. The van der Waals surface area contributed by atoms with Crippen molar-refractivity contribution >= 4 is 19.7 Å². The highest BCUT2D eigenvalue weighted by Gasteiger charge is 2.30. The number of quaternary nitrogens is 1. The highest BCUT2D eigenvalue weighted by molar-refractivity contribution is 7.47. The quantitative estimate of drug-likeness (QED) is 0.0205. The van der Waals surface area contributed by atoms with E-state index in [2.05, 4.69) is 123 Å². The normalized spacial score (nSPS) is 14.7. The zero-order valence-electron chi connectivity index (χ0n) is 46.6. The number of phosphoric ester groups is 1. The van der Waals surface area contributed by atoms with Crippen LogP contribution in [0.15, 0.2) is 122 Å². The van der Waals surface area contributed by atoms with Crippen molar-refractivity contribution in [3.05, 3.63) is 122 Å². The van der Waals surface area contributed by atoms with Crippen LogP contribution in [0.3, 0.4) is 0 Å². The molecule has 0 heterocycles. The standard InChI is InChI=1S/C62H105N2O7P/c1-7-10-13-16-19-22-25-27-29-31-32-33-35-37-40-43-46-49-52-55-62(66)71-60(53-50-47-44-41-38-24-21-18-15-12-9-3)59(58-70-72(67,68)69-57-56-64(4,5)6)63-61(65)54-51-48-45-42-39-36-34-30-28-26-23-20-17-14-11-8-2/h10-11,13-14,19-20,22-23,27-30,32-33,37,40,46,49-50,53,59-60H,7-9,12,15-18,21,24-26,31,34-36,38-39,41-45,47-48,51-52,54-58H2,1-6H3,(H-,63,65,67,68)/p+1/b13-10-,14-11+,22-19-,23-20+,29-27-,30-28+,33-32-,40-37-,49-46-,53-50+. The first-order chi connectivity index (χ1) is 34.9. The number of hydrogen-bond donors (Lipinski definition) is 2. The molecule has 3 atom stereocenters. The SMILES string of the molecule is CC/C=C\C/C=C\C/C=C\C/C=C\C/C=C\C/C=C\CCC(=O)OC(/C=C/CCCCCCCCCCC)C(COP(=O)(O)OCC[N+](C)(C)C)NC(=O)CCCCCCCC/C=C/C/C=C/C/C=C/CC. The van der Waals surface area contributed by atoms with Crippen LogP contribution in [0.5, 0.6) is 0 Å². The van der Waals surface area contributed by atoms with Crippen LogP contribution >= 0.6 is 7.82 Å². The van der Waals surface area contributed by atoms with Gasteiger partial charge in [0.25, 0.3) is 0 Å². The number of esters is 1. The van der Waals surface area contributed by atoms with Crippen molar-refractivity contribution in [2.45, 2.75) is 219 Å². The van der Waals surface area contributed by atoms with Crippen LogP contribution in [0.1, 0.15) is 207 Å². The lowest BCUT2D eigenvalue weighted by atomic mass is 10.1. The number of phosphoric acid groups is 1. The third kappa shape index (κ3) is 51.3. The molecule has 72 heavy (non-hydrogen) atoms. The summed E-state index contributed by atoms with van der Waals surface area (Å²) in [6.07, 6.45) is 70.7. The third-order valence-electron chi connectivity index (χ3n) is 11.7. The number of unbranched alkanes of at least 4 members (excludes halogenated alkanes) is 15. The largest absolute Gasteiger partial charge is 0.472 e. The summed E-state index contributed by atoms with van der Waals surface area (Å²) in [4.78, 5) is 37.5. The highest BCUT2D eigenvalue weighted by atomic mass is 31.2. The Balaban J connectivity index is 5.47. The zero-order valence-corrected chi connectivity index (χ0v) is 47.5. The van der Waals surface area contributed by atoms with Crippen LogP contribution < -0.4 is 5.32 Å². The number of nitrogens with zero attached hydrogens (tertiary/aromatic N) is 1. The molecule has 1 amide bonds. The van der Waals surface area contributed by atoms with E-state index in [1.807, 2.05) is 45.4 Å². The van der Waals surface area contributed by atoms with Crippen molar-refractivity contribution < 1.29 is 37.3 Å². The lowest BCUT2D eigenvalue weighted by Crippen LogP contribution is -2.47. The number of amides is 1. The second kappa shape index (κ2) is 50.9. The Kier molecular flexibility index (Phi) is 48.4. The lowest BCUT2D eigenvalue weighted by Gasteiger charge is -2.27. The molecular weight excluding hydrogens is 916 g/mol. The predicted molar refractivity (Wildman–Crippen MR) is 309 cm³/mol. The molecule has 0 aromatic carbocycles. The highest BCUT2D eigenvalue weighted by Crippen LogP contribution is 2.43. The van der Waals surface area contributed by atoms with Gasteiger partial charge in [0.2, 0.25) is 5.91 Å². The topological polar surface area (TPSA) is 111 Å². The molecule has 410 valence electrons. The summed E-state index contributed by atoms with van der Waals surface area (Å²) in [6.45, 7) is 6.69. The van der Waals surface area contributed by atoms with E-state index < -0.39 is 25.9 Å². The summed E-state index contributed by atoms with van der Waals surface area (Å²) < 4.78 is 30.5. The molecule has 3 unspecified atom stereocenters. The molecule has 0 spiro atoms. The summed E-state index contributed by atoms with van der Waals surface area (Å²) >= 11 is 0. The minimum Gasteiger partial charge on any atom is -0.456 e. The van der Waals surface area contributed by atoms with Gasteiger partial charge in [-0.15, -0.1) is 0 Å². The summed E-state index contributed by atoms with van der Waals surface area (Å²) in [6, 6.07) is -0.893. The van der Waals surface area contributed by atoms with E-state index in [4.69, 9.17) is 13.8 Å². The van der Waals surface area contributed by atoms with E-state index in [9.17, 15) is 19.0 Å². The van der Waals surface area contributed by atoms with Gasteiger partial charge in [-0.05, 0) is 102 Å². The number of nitrogens with one attached hydrogen (secondary N) is 1. The van der Waals surface area contributed by atoms with Gasteiger partial charge >= 0.3 is 13.8 Å². The van der Waals surface area contributed by atoms with Crippen molar-refractivity contribution in [2.75, 3.05) is 40.9 Å². The molecule has 0 aliphatic heterocycles. The van der Waals surface area contributed by atoms with Gasteiger partial charge in [0.15, 0.2) is 0 Å². The van der Waals surface area contributed by atoms with Gasteiger partial charge in [0.05, 0.1) is 33.8 Å². The fraction of sp³-hybridized carbons (Fsp3) is 0.645. The Bertz CT molecular complexity index is 1650. The van der Waals surface area contributed by atoms with Crippen LogP contribution in [0, 0.1) is 0 Å². The van der Waals surface area contributed by atoms with Crippen molar-refractivity contribution in [3.8, 4) is 0 Å². The summed E-state index contributed by atoms with van der Waals surface area (Å²) in [5, 5.41) is 3.01. The van der Waals surface area contributed by atoms with Gasteiger partial charge < -0.3 is 19.4 Å². The van der Waals surface area contributed by atoms with Crippen molar-refractivity contribution in [2.24, 2.45) is 0 Å². The van der Waals surface area contributed by atoms with Gasteiger partial charge in [0.1, 0.15) is 19.3 Å². The molecule has 0 saturated carbocycles. The average molecular weight is 1020 g/mol. The van der Waals surface area contributed by atoms with Crippen LogP contribution in [0.4, 0.5) is 0 Å². The fourth-order valence-corrected chi connectivity index (χ4v) is 8.07. The average Bonchev–Trinajstić information content (AvgIpc) is 3.34. The zero-order chi connectivity index (χ0) is 52.9. The molecule has 0 fully saturated rings. The number of hydrogen-bond acceptors (Lipinski definition) is 6. The number of likely N-dealkylation sites (N-methyl/N-ethyl adjacent to an activating group) is 1. The van der Waals surface area contributed by atoms with Crippen LogP contribution in [0.2, 0.25) is 0 Å². The molecule has 0 aromatic heterocycles. The number of rotatable bonds is 49. The molecule has 0 saturated heterocycles. The maximum absolute atomic E-state index is 13.5. The van der Waals surface area contributed by atoms with Crippen molar-refractivity contribution in [3.63, 3.8) is 0 Å². The molecular formula is C62H106N2O7P+. The van der Waals surface area contributed by atoms with E-state index in [0.717, 1.165) is 122 Å². The molecule has 10 heteroatoms. The fourth-order valence-electron chi connectivity index (χ4n) is 7.33. The number of carbonyl (C=O) groups is 2. The number of allylic oxidation sites excluding steroid dienone is 19. The Labute approximate surface area is 442 Å². The predicted octanol–water partition coefficient (Wildman–Crippen LogP) is 17.2. The smallest absolute Gasteiger partial charge is 0.456 e. The molecule has 9 nitrogen and oxygen atoms in total. The molecule has 0 aliphatic rings. The van der Waals surface area contributed by atoms with Gasteiger partial charge in [-0.1, -0.05) is 213 Å². The number of carbonyl (C=O) groups excluding carboxylic acids is 2. The Morgan fingerprint density at radius 3 is 1.36 bits per heavy atom. The van der Waals surface area contributed by atoms with Gasteiger partial charge in [-0.3, -0.25) is 18.6 Å². The molecule has 0 aliphatic carbocycles. The second-order valence-electron chi connectivity index (χ2n) is 19.7. The van der Waals surface area contributed by atoms with Crippen LogP contribution in [0.25, 0.3) is 0 Å².